The molecular weight excluding hydrogens is 278 g/mol. The second kappa shape index (κ2) is 9.52. The third kappa shape index (κ3) is 6.93. The van der Waals surface area contributed by atoms with Crippen molar-refractivity contribution in [3.05, 3.63) is 29.8 Å². The minimum Gasteiger partial charge on any atom is -0.434 e. The van der Waals surface area contributed by atoms with Gasteiger partial charge in [0.2, 0.25) is 5.91 Å². The highest BCUT2D eigenvalue weighted by Gasteiger charge is 2.09. The van der Waals surface area contributed by atoms with Crippen molar-refractivity contribution in [2.45, 2.75) is 19.6 Å². The number of para-hydroxylation sites is 1. The summed E-state index contributed by atoms with van der Waals surface area (Å²) in [4.78, 5) is 11.4. The van der Waals surface area contributed by atoms with Gasteiger partial charge in [-0.2, -0.15) is 8.78 Å². The molecule has 0 unspecified atom stereocenters. The third-order valence-electron chi connectivity index (χ3n) is 2.27. The first-order valence-electron chi connectivity index (χ1n) is 5.57. The quantitative estimate of drug-likeness (QED) is 0.808. The summed E-state index contributed by atoms with van der Waals surface area (Å²) >= 11 is 0. The first-order chi connectivity index (χ1) is 8.63. The van der Waals surface area contributed by atoms with Gasteiger partial charge in [-0.05, 0) is 13.1 Å². The Bertz CT molecular complexity index is 392. The largest absolute Gasteiger partial charge is 0.434 e. The highest BCUT2D eigenvalue weighted by Crippen LogP contribution is 2.19. The number of halogens is 3. The van der Waals surface area contributed by atoms with Crippen LogP contribution < -0.4 is 15.4 Å². The maximum absolute atomic E-state index is 12.1. The Kier molecular flexibility index (Phi) is 8.82. The lowest BCUT2D eigenvalue weighted by Crippen LogP contribution is -2.26. The van der Waals surface area contributed by atoms with E-state index in [9.17, 15) is 13.6 Å². The lowest BCUT2D eigenvalue weighted by molar-refractivity contribution is -0.121. The van der Waals surface area contributed by atoms with Gasteiger partial charge in [-0.1, -0.05) is 18.2 Å². The molecule has 7 heteroatoms. The molecule has 0 bridgehead atoms. The van der Waals surface area contributed by atoms with E-state index in [1.807, 2.05) is 0 Å². The Balaban J connectivity index is 0.00000324. The molecule has 0 heterocycles. The monoisotopic (exact) mass is 294 g/mol. The van der Waals surface area contributed by atoms with Crippen LogP contribution in [0.2, 0.25) is 0 Å². The zero-order chi connectivity index (χ0) is 13.4. The minimum absolute atomic E-state index is 0. The highest BCUT2D eigenvalue weighted by atomic mass is 35.5. The number of carbonyl (C=O) groups excluding carboxylic acids is 1. The summed E-state index contributed by atoms with van der Waals surface area (Å²) in [5.74, 6) is -0.0578. The molecule has 0 saturated carbocycles. The van der Waals surface area contributed by atoms with Crippen molar-refractivity contribution >= 4 is 18.3 Å². The molecule has 0 aliphatic heterocycles. The number of hydrogen-bond donors (Lipinski definition) is 2. The summed E-state index contributed by atoms with van der Waals surface area (Å²) in [7, 11) is 1.75. The zero-order valence-corrected chi connectivity index (χ0v) is 11.3. The standard InChI is InChI=1S/C12H16F2N2O2.ClH/c1-15-7-6-11(17)16-8-9-4-2-3-5-10(9)18-12(13)14;/h2-5,12,15H,6-8H2,1H3,(H,16,17);1H. The molecule has 1 aromatic carbocycles. The molecule has 0 radical (unpaired) electrons. The van der Waals surface area contributed by atoms with Crippen molar-refractivity contribution in [2.24, 2.45) is 0 Å². The average Bonchev–Trinajstić information content (AvgIpc) is 2.34. The van der Waals surface area contributed by atoms with E-state index in [1.54, 1.807) is 25.2 Å². The number of alkyl halides is 2. The minimum atomic E-state index is -2.87. The molecule has 108 valence electrons. The van der Waals surface area contributed by atoms with Gasteiger partial charge in [0.25, 0.3) is 0 Å². The number of rotatable bonds is 7. The maximum atomic E-state index is 12.1. The molecule has 0 spiro atoms. The Morgan fingerprint density at radius 1 is 1.37 bits per heavy atom. The predicted molar refractivity (Wildman–Crippen MR) is 70.7 cm³/mol. The Hall–Kier alpha value is -1.40. The van der Waals surface area contributed by atoms with Gasteiger partial charge in [-0.3, -0.25) is 4.79 Å². The number of ether oxygens (including phenoxy) is 1. The van der Waals surface area contributed by atoms with Crippen LogP contribution >= 0.6 is 12.4 Å². The number of benzene rings is 1. The van der Waals surface area contributed by atoms with Crippen LogP contribution in [0, 0.1) is 0 Å². The SMILES string of the molecule is CNCCC(=O)NCc1ccccc1OC(F)F.Cl. The van der Waals surface area contributed by atoms with Crippen LogP contribution in [0.3, 0.4) is 0 Å². The summed E-state index contributed by atoms with van der Waals surface area (Å²) in [6.45, 7) is -2.13. The average molecular weight is 295 g/mol. The fourth-order valence-electron chi connectivity index (χ4n) is 1.38. The van der Waals surface area contributed by atoms with Crippen LogP contribution in [-0.4, -0.2) is 26.1 Å². The van der Waals surface area contributed by atoms with E-state index in [0.29, 0.717) is 18.5 Å². The lowest BCUT2D eigenvalue weighted by Gasteiger charge is -2.11. The Morgan fingerprint density at radius 2 is 2.05 bits per heavy atom. The molecule has 2 N–H and O–H groups in total. The smallest absolute Gasteiger partial charge is 0.387 e. The topological polar surface area (TPSA) is 50.4 Å². The molecule has 0 fully saturated rings. The van der Waals surface area contributed by atoms with Gasteiger partial charge in [0, 0.05) is 25.1 Å². The Labute approximate surface area is 116 Å². The van der Waals surface area contributed by atoms with Gasteiger partial charge in [-0.25, -0.2) is 0 Å². The molecular formula is C12H17ClF2N2O2. The molecule has 1 amide bonds. The predicted octanol–water partition coefficient (Wildman–Crippen LogP) is 1.94. The molecule has 1 rings (SSSR count). The highest BCUT2D eigenvalue weighted by molar-refractivity contribution is 5.85. The number of carbonyl (C=O) groups is 1. The van der Waals surface area contributed by atoms with Crippen LogP contribution in [0.25, 0.3) is 0 Å². The van der Waals surface area contributed by atoms with Crippen molar-refractivity contribution in [1.29, 1.82) is 0 Å². The molecule has 0 atom stereocenters. The molecule has 1 aromatic rings. The first kappa shape index (κ1) is 17.6. The third-order valence-corrected chi connectivity index (χ3v) is 2.27. The summed E-state index contributed by atoms with van der Waals surface area (Å²) in [5.41, 5.74) is 0.524. The summed E-state index contributed by atoms with van der Waals surface area (Å²) in [6, 6.07) is 6.38. The maximum Gasteiger partial charge on any atom is 0.387 e. The number of amides is 1. The van der Waals surface area contributed by atoms with E-state index >= 15 is 0 Å². The fourth-order valence-corrected chi connectivity index (χ4v) is 1.38. The van der Waals surface area contributed by atoms with E-state index in [1.165, 1.54) is 6.07 Å². The van der Waals surface area contributed by atoms with Crippen LogP contribution in [0.5, 0.6) is 5.75 Å². The van der Waals surface area contributed by atoms with Crippen LogP contribution in [0.1, 0.15) is 12.0 Å². The van der Waals surface area contributed by atoms with Gasteiger partial charge < -0.3 is 15.4 Å². The van der Waals surface area contributed by atoms with Gasteiger partial charge >= 0.3 is 6.61 Å². The van der Waals surface area contributed by atoms with Crippen molar-refractivity contribution in [3.63, 3.8) is 0 Å². The van der Waals surface area contributed by atoms with Crippen molar-refractivity contribution in [3.8, 4) is 5.75 Å². The molecule has 0 aliphatic carbocycles. The van der Waals surface area contributed by atoms with Crippen molar-refractivity contribution < 1.29 is 18.3 Å². The van der Waals surface area contributed by atoms with E-state index in [4.69, 9.17) is 0 Å². The number of nitrogens with one attached hydrogen (secondary N) is 2. The molecule has 0 saturated heterocycles. The Morgan fingerprint density at radius 3 is 2.68 bits per heavy atom. The van der Waals surface area contributed by atoms with Crippen LogP contribution in [-0.2, 0) is 11.3 Å². The summed E-state index contributed by atoms with van der Waals surface area (Å²) in [5, 5.41) is 5.49. The summed E-state index contributed by atoms with van der Waals surface area (Å²) in [6.07, 6.45) is 0.342. The van der Waals surface area contributed by atoms with Crippen molar-refractivity contribution in [2.75, 3.05) is 13.6 Å². The molecule has 19 heavy (non-hydrogen) atoms. The molecule has 4 nitrogen and oxygen atoms in total. The van der Waals surface area contributed by atoms with E-state index in [0.717, 1.165) is 0 Å². The lowest BCUT2D eigenvalue weighted by atomic mass is 10.2. The van der Waals surface area contributed by atoms with Crippen LogP contribution in [0.15, 0.2) is 24.3 Å². The van der Waals surface area contributed by atoms with Crippen LogP contribution in [0.4, 0.5) is 8.78 Å². The van der Waals surface area contributed by atoms with E-state index < -0.39 is 6.61 Å². The first-order valence-corrected chi connectivity index (χ1v) is 5.57. The van der Waals surface area contributed by atoms with Crippen molar-refractivity contribution in [1.82, 2.24) is 10.6 Å². The molecule has 0 aromatic heterocycles. The zero-order valence-electron chi connectivity index (χ0n) is 10.5. The van der Waals surface area contributed by atoms with E-state index in [-0.39, 0.29) is 30.6 Å². The van der Waals surface area contributed by atoms with Gasteiger partial charge in [-0.15, -0.1) is 12.4 Å². The normalized spacial score (nSPS) is 9.89. The number of hydrogen-bond acceptors (Lipinski definition) is 3. The van der Waals surface area contributed by atoms with Gasteiger partial charge in [0.15, 0.2) is 0 Å². The second-order valence-corrected chi connectivity index (χ2v) is 3.62. The summed E-state index contributed by atoms with van der Waals surface area (Å²) < 4.78 is 28.7. The fraction of sp³-hybridized carbons (Fsp3) is 0.417. The second-order valence-electron chi connectivity index (χ2n) is 3.62. The van der Waals surface area contributed by atoms with Gasteiger partial charge in [0.05, 0.1) is 0 Å². The van der Waals surface area contributed by atoms with Gasteiger partial charge in [0.1, 0.15) is 5.75 Å². The molecule has 0 aliphatic rings. The van der Waals surface area contributed by atoms with E-state index in [2.05, 4.69) is 15.4 Å².